The van der Waals surface area contributed by atoms with Gasteiger partial charge in [0.1, 0.15) is 24.7 Å². The lowest BCUT2D eigenvalue weighted by Gasteiger charge is -2.08. The number of nitrogens with zero attached hydrogens (tertiary/aromatic N) is 2. The normalized spacial score (nSPS) is 10.6. The van der Waals surface area contributed by atoms with E-state index in [1.807, 2.05) is 84.9 Å². The van der Waals surface area contributed by atoms with Gasteiger partial charge in [-0.15, -0.1) is 5.10 Å². The number of nitrogens with one attached hydrogen (secondary N) is 3. The third kappa shape index (κ3) is 7.35. The van der Waals surface area contributed by atoms with Gasteiger partial charge in [-0.2, -0.15) is 4.98 Å². The zero-order valence-electron chi connectivity index (χ0n) is 20.4. The van der Waals surface area contributed by atoms with Crippen molar-refractivity contribution in [2.75, 3.05) is 10.6 Å². The molecule has 0 aliphatic carbocycles. The Hall–Kier alpha value is -4.78. The lowest BCUT2D eigenvalue weighted by molar-refractivity contribution is 0.306. The molecule has 1 heterocycles. The van der Waals surface area contributed by atoms with Gasteiger partial charge in [-0.1, -0.05) is 84.9 Å². The first kappa shape index (κ1) is 23.9. The number of aromatic nitrogens is 3. The maximum atomic E-state index is 5.85. The van der Waals surface area contributed by atoms with E-state index in [9.17, 15) is 0 Å². The van der Waals surface area contributed by atoms with Crippen LogP contribution in [0.5, 0.6) is 11.5 Å². The van der Waals surface area contributed by atoms with Crippen LogP contribution in [0.1, 0.15) is 22.3 Å². The molecule has 3 N–H and O–H groups in total. The van der Waals surface area contributed by atoms with Crippen LogP contribution in [-0.2, 0) is 26.3 Å². The second-order valence-corrected chi connectivity index (χ2v) is 8.55. The number of aromatic amines is 1. The highest BCUT2D eigenvalue weighted by atomic mass is 16.5. The highest BCUT2D eigenvalue weighted by Crippen LogP contribution is 2.17. The molecule has 0 spiro atoms. The minimum absolute atomic E-state index is 0.538. The van der Waals surface area contributed by atoms with Crippen LogP contribution in [0.4, 0.5) is 11.9 Å². The molecule has 7 nitrogen and oxygen atoms in total. The van der Waals surface area contributed by atoms with E-state index in [0.717, 1.165) is 33.8 Å². The van der Waals surface area contributed by atoms with Gasteiger partial charge >= 0.3 is 0 Å². The number of hydrogen-bond acceptors (Lipinski definition) is 6. The maximum absolute atomic E-state index is 5.85. The van der Waals surface area contributed by atoms with Gasteiger partial charge in [-0.05, 0) is 46.5 Å². The molecule has 1 aromatic heterocycles. The Bertz CT molecular complexity index is 1250. The molecule has 5 aromatic rings. The monoisotopic (exact) mass is 491 g/mol. The fraction of sp³-hybridized carbons (Fsp3) is 0.133. The molecule has 0 aliphatic heterocycles. The SMILES string of the molecule is c1ccc(COc2ccc(CNc3n[nH]c(NCc4ccc(OCc5ccccc5)cc4)n3)cc2)cc1. The lowest BCUT2D eigenvalue weighted by Crippen LogP contribution is -2.03. The van der Waals surface area contributed by atoms with E-state index in [2.05, 4.69) is 50.1 Å². The maximum Gasteiger partial charge on any atom is 0.243 e. The molecule has 0 aliphatic rings. The molecule has 0 unspecified atom stereocenters. The fourth-order valence-corrected chi connectivity index (χ4v) is 3.68. The van der Waals surface area contributed by atoms with Crippen LogP contribution < -0.4 is 20.1 Å². The highest BCUT2D eigenvalue weighted by Gasteiger charge is 2.04. The van der Waals surface area contributed by atoms with Crippen molar-refractivity contribution >= 4 is 11.9 Å². The Balaban J connectivity index is 1.03. The Labute approximate surface area is 216 Å². The number of H-pyrrole nitrogens is 1. The van der Waals surface area contributed by atoms with Gasteiger partial charge in [0.05, 0.1) is 0 Å². The molecule has 7 heteroatoms. The molecule has 0 amide bonds. The van der Waals surface area contributed by atoms with Gasteiger partial charge in [0, 0.05) is 13.1 Å². The Morgan fingerprint density at radius 1 is 0.541 bits per heavy atom. The smallest absolute Gasteiger partial charge is 0.243 e. The number of anilines is 2. The summed E-state index contributed by atoms with van der Waals surface area (Å²) >= 11 is 0. The third-order valence-corrected chi connectivity index (χ3v) is 5.74. The zero-order chi connectivity index (χ0) is 25.1. The molecule has 0 bridgehead atoms. The number of benzene rings is 4. The van der Waals surface area contributed by atoms with E-state index in [1.165, 1.54) is 0 Å². The van der Waals surface area contributed by atoms with E-state index in [0.29, 0.717) is 38.2 Å². The van der Waals surface area contributed by atoms with Gasteiger partial charge in [-0.25, -0.2) is 5.10 Å². The third-order valence-electron chi connectivity index (χ3n) is 5.74. The average Bonchev–Trinajstić information content (AvgIpc) is 3.43. The zero-order valence-corrected chi connectivity index (χ0v) is 20.4. The van der Waals surface area contributed by atoms with Crippen molar-refractivity contribution in [3.63, 3.8) is 0 Å². The summed E-state index contributed by atoms with van der Waals surface area (Å²) in [5.74, 6) is 2.83. The lowest BCUT2D eigenvalue weighted by atomic mass is 10.2. The Kier molecular flexibility index (Phi) is 7.93. The largest absolute Gasteiger partial charge is 0.489 e. The summed E-state index contributed by atoms with van der Waals surface area (Å²) in [6, 6.07) is 36.3. The van der Waals surface area contributed by atoms with E-state index in [-0.39, 0.29) is 0 Å². The molecule has 186 valence electrons. The van der Waals surface area contributed by atoms with Gasteiger partial charge in [-0.3, -0.25) is 0 Å². The van der Waals surface area contributed by atoms with Crippen LogP contribution in [-0.4, -0.2) is 15.2 Å². The van der Waals surface area contributed by atoms with Crippen molar-refractivity contribution in [1.29, 1.82) is 0 Å². The van der Waals surface area contributed by atoms with Crippen molar-refractivity contribution in [3.8, 4) is 11.5 Å². The van der Waals surface area contributed by atoms with Crippen LogP contribution in [0.3, 0.4) is 0 Å². The van der Waals surface area contributed by atoms with Crippen LogP contribution in [0.15, 0.2) is 109 Å². The van der Waals surface area contributed by atoms with E-state index < -0.39 is 0 Å². The Morgan fingerprint density at radius 3 is 1.54 bits per heavy atom. The first-order chi connectivity index (χ1) is 18.3. The number of ether oxygens (including phenoxy) is 2. The molecule has 0 saturated carbocycles. The predicted octanol–water partition coefficient (Wildman–Crippen LogP) is 6.19. The van der Waals surface area contributed by atoms with Crippen molar-refractivity contribution in [1.82, 2.24) is 15.2 Å². The van der Waals surface area contributed by atoms with Crippen molar-refractivity contribution in [3.05, 3.63) is 131 Å². The standard InChI is InChI=1S/C30H29N5O2/c1-3-7-25(8-4-1)21-36-27-15-11-23(12-16-27)19-31-29-33-30(35-34-29)32-20-24-13-17-28(18-14-24)37-22-26-9-5-2-6-10-26/h1-18H,19-22H2,(H3,31,32,33,34,35). The van der Waals surface area contributed by atoms with E-state index >= 15 is 0 Å². The first-order valence-corrected chi connectivity index (χ1v) is 12.2. The Morgan fingerprint density at radius 2 is 1.03 bits per heavy atom. The molecular weight excluding hydrogens is 462 g/mol. The molecule has 37 heavy (non-hydrogen) atoms. The van der Waals surface area contributed by atoms with Crippen molar-refractivity contribution in [2.45, 2.75) is 26.3 Å². The quantitative estimate of drug-likeness (QED) is 0.193. The van der Waals surface area contributed by atoms with Gasteiger partial charge < -0.3 is 20.1 Å². The molecule has 5 rings (SSSR count). The van der Waals surface area contributed by atoms with Crippen LogP contribution >= 0.6 is 0 Å². The minimum Gasteiger partial charge on any atom is -0.489 e. The second kappa shape index (κ2) is 12.3. The van der Waals surface area contributed by atoms with Gasteiger partial charge in [0.15, 0.2) is 0 Å². The molecule has 0 radical (unpaired) electrons. The molecule has 4 aromatic carbocycles. The van der Waals surface area contributed by atoms with Gasteiger partial charge in [0.25, 0.3) is 0 Å². The molecule has 0 saturated heterocycles. The molecule has 0 atom stereocenters. The second-order valence-electron chi connectivity index (χ2n) is 8.55. The number of hydrogen-bond donors (Lipinski definition) is 3. The summed E-state index contributed by atoms with van der Waals surface area (Å²) < 4.78 is 11.7. The summed E-state index contributed by atoms with van der Waals surface area (Å²) in [7, 11) is 0. The highest BCUT2D eigenvalue weighted by molar-refractivity contribution is 5.37. The van der Waals surface area contributed by atoms with Crippen molar-refractivity contribution in [2.24, 2.45) is 0 Å². The van der Waals surface area contributed by atoms with E-state index in [4.69, 9.17) is 9.47 Å². The summed E-state index contributed by atoms with van der Waals surface area (Å²) in [6.45, 7) is 2.34. The average molecular weight is 492 g/mol. The van der Waals surface area contributed by atoms with Crippen LogP contribution in [0.25, 0.3) is 0 Å². The first-order valence-electron chi connectivity index (χ1n) is 12.2. The van der Waals surface area contributed by atoms with Crippen LogP contribution in [0, 0.1) is 0 Å². The predicted molar refractivity (Wildman–Crippen MR) is 145 cm³/mol. The molecular formula is C30H29N5O2. The molecule has 0 fully saturated rings. The van der Waals surface area contributed by atoms with Gasteiger partial charge in [0.2, 0.25) is 11.9 Å². The topological polar surface area (TPSA) is 84.1 Å². The summed E-state index contributed by atoms with van der Waals surface area (Å²) in [4.78, 5) is 4.46. The van der Waals surface area contributed by atoms with Crippen LogP contribution in [0.2, 0.25) is 0 Å². The van der Waals surface area contributed by atoms with Crippen molar-refractivity contribution < 1.29 is 9.47 Å². The fourth-order valence-electron chi connectivity index (χ4n) is 3.68. The van der Waals surface area contributed by atoms with E-state index in [1.54, 1.807) is 0 Å². The number of rotatable bonds is 12. The summed E-state index contributed by atoms with van der Waals surface area (Å²) in [5.41, 5.74) is 4.52. The minimum atomic E-state index is 0.538. The summed E-state index contributed by atoms with van der Waals surface area (Å²) in [6.07, 6.45) is 0. The summed E-state index contributed by atoms with van der Waals surface area (Å²) in [5, 5.41) is 13.7.